The van der Waals surface area contributed by atoms with Crippen molar-refractivity contribution in [3.05, 3.63) is 81.8 Å². The van der Waals surface area contributed by atoms with Gasteiger partial charge in [0.05, 0.1) is 13.2 Å². The average molecular weight is 552 g/mol. The van der Waals surface area contributed by atoms with Crippen molar-refractivity contribution in [3.63, 3.8) is 0 Å². The van der Waals surface area contributed by atoms with Crippen LogP contribution in [0.15, 0.2) is 65.1 Å². The molecular weight excluding hydrogens is 526 g/mol. The predicted molar refractivity (Wildman–Crippen MR) is 145 cm³/mol. The van der Waals surface area contributed by atoms with E-state index in [0.29, 0.717) is 16.6 Å². The Bertz CT molecular complexity index is 1330. The SMILES string of the molecule is COc1cccc2c1O[C@@]1(C)[C@H](C(=O)Nc3ccc(C)cc3C)[C@H]2NC(=S)N1c1ccc(Br)cc1. The third-order valence-electron chi connectivity index (χ3n) is 6.72. The maximum absolute atomic E-state index is 14.0. The van der Waals surface area contributed by atoms with E-state index in [9.17, 15) is 4.79 Å². The molecule has 1 amide bonds. The van der Waals surface area contributed by atoms with Crippen molar-refractivity contribution in [2.75, 3.05) is 17.3 Å². The number of carbonyl (C=O) groups excluding carboxylic acids is 1. The molecule has 1 fully saturated rings. The van der Waals surface area contributed by atoms with E-state index in [1.54, 1.807) is 7.11 Å². The van der Waals surface area contributed by atoms with Crippen molar-refractivity contribution in [1.82, 2.24) is 5.32 Å². The molecule has 8 heteroatoms. The van der Waals surface area contributed by atoms with Crippen molar-refractivity contribution >= 4 is 50.5 Å². The molecule has 0 radical (unpaired) electrons. The van der Waals surface area contributed by atoms with Crippen LogP contribution in [-0.2, 0) is 4.79 Å². The van der Waals surface area contributed by atoms with Crippen LogP contribution in [0.4, 0.5) is 11.4 Å². The third-order valence-corrected chi connectivity index (χ3v) is 7.55. The molecule has 180 valence electrons. The van der Waals surface area contributed by atoms with E-state index in [4.69, 9.17) is 21.7 Å². The molecule has 3 aromatic rings. The van der Waals surface area contributed by atoms with E-state index in [2.05, 4.69) is 32.6 Å². The normalized spacial score (nSPS) is 22.5. The summed E-state index contributed by atoms with van der Waals surface area (Å²) in [5, 5.41) is 7.07. The average Bonchev–Trinajstić information content (AvgIpc) is 2.81. The fourth-order valence-electron chi connectivity index (χ4n) is 5.07. The number of fused-ring (bicyclic) bond motifs is 4. The first-order chi connectivity index (χ1) is 16.7. The molecule has 0 saturated carbocycles. The summed E-state index contributed by atoms with van der Waals surface area (Å²) in [6.45, 7) is 5.94. The van der Waals surface area contributed by atoms with Crippen LogP contribution in [-0.4, -0.2) is 23.9 Å². The van der Waals surface area contributed by atoms with E-state index in [1.807, 2.05) is 80.3 Å². The zero-order valence-corrected chi connectivity index (χ0v) is 22.3. The van der Waals surface area contributed by atoms with Crippen LogP contribution in [0.2, 0.25) is 0 Å². The van der Waals surface area contributed by atoms with E-state index in [-0.39, 0.29) is 5.91 Å². The number of benzene rings is 3. The highest BCUT2D eigenvalue weighted by molar-refractivity contribution is 9.10. The van der Waals surface area contributed by atoms with Gasteiger partial charge in [-0.15, -0.1) is 0 Å². The number of hydrogen-bond donors (Lipinski definition) is 2. The Labute approximate surface area is 218 Å². The Hall–Kier alpha value is -3.10. The lowest BCUT2D eigenvalue weighted by Crippen LogP contribution is -2.72. The summed E-state index contributed by atoms with van der Waals surface area (Å²) in [6, 6.07) is 19.1. The van der Waals surface area contributed by atoms with Gasteiger partial charge in [0.2, 0.25) is 5.91 Å². The summed E-state index contributed by atoms with van der Waals surface area (Å²) in [4.78, 5) is 15.9. The Balaban J connectivity index is 1.64. The topological polar surface area (TPSA) is 62.8 Å². The van der Waals surface area contributed by atoms with Gasteiger partial charge in [-0.05, 0) is 75.0 Å². The van der Waals surface area contributed by atoms with Crippen molar-refractivity contribution in [2.24, 2.45) is 5.92 Å². The molecule has 2 aliphatic heterocycles. The molecule has 1 saturated heterocycles. The van der Waals surface area contributed by atoms with Crippen LogP contribution < -0.4 is 25.0 Å². The van der Waals surface area contributed by atoms with Gasteiger partial charge in [0.25, 0.3) is 0 Å². The van der Waals surface area contributed by atoms with Crippen molar-refractivity contribution in [2.45, 2.75) is 32.5 Å². The first-order valence-corrected chi connectivity index (χ1v) is 12.5. The second-order valence-electron chi connectivity index (χ2n) is 9.06. The lowest BCUT2D eigenvalue weighted by atomic mass is 9.78. The van der Waals surface area contributed by atoms with Crippen molar-refractivity contribution < 1.29 is 14.3 Å². The lowest BCUT2D eigenvalue weighted by molar-refractivity contribution is -0.130. The molecule has 3 aromatic carbocycles. The number of thiocarbonyl (C=S) groups is 1. The standard InChI is InChI=1S/C27H26BrN3O3S/c1-15-8-13-20(16(2)14-15)29-25(32)22-23-19-6-5-7-21(33-4)24(19)34-27(22,3)31(26(35)30-23)18-11-9-17(28)10-12-18/h5-14,22-23H,1-4H3,(H,29,32)(H,30,35)/t22-,23-,27-/m0/s1. The minimum atomic E-state index is -1.12. The number of anilines is 2. The number of para-hydroxylation sites is 1. The number of rotatable bonds is 4. The molecule has 0 aromatic heterocycles. The number of nitrogens with zero attached hydrogens (tertiary/aromatic N) is 1. The van der Waals surface area contributed by atoms with Crippen LogP contribution in [0.3, 0.4) is 0 Å². The summed E-state index contributed by atoms with van der Waals surface area (Å²) >= 11 is 9.32. The van der Waals surface area contributed by atoms with Gasteiger partial charge in [-0.1, -0.05) is 45.8 Å². The number of amides is 1. The minimum Gasteiger partial charge on any atom is -0.493 e. The van der Waals surface area contributed by atoms with E-state index >= 15 is 0 Å². The van der Waals surface area contributed by atoms with E-state index in [1.165, 1.54) is 0 Å². The number of halogens is 1. The number of carbonyl (C=O) groups is 1. The zero-order chi connectivity index (χ0) is 24.9. The van der Waals surface area contributed by atoms with Crippen LogP contribution in [0.5, 0.6) is 11.5 Å². The quantitative estimate of drug-likeness (QED) is 0.395. The van der Waals surface area contributed by atoms with Crippen LogP contribution in [0.25, 0.3) is 0 Å². The maximum atomic E-state index is 14.0. The van der Waals surface area contributed by atoms with Gasteiger partial charge >= 0.3 is 0 Å². The van der Waals surface area contributed by atoms with Crippen LogP contribution >= 0.6 is 28.1 Å². The molecule has 0 spiro atoms. The first kappa shape index (κ1) is 23.6. The van der Waals surface area contributed by atoms with Gasteiger partial charge in [-0.25, -0.2) is 0 Å². The fraction of sp³-hybridized carbons (Fsp3) is 0.259. The van der Waals surface area contributed by atoms with Gasteiger partial charge < -0.3 is 20.1 Å². The van der Waals surface area contributed by atoms with Gasteiger partial charge in [0.1, 0.15) is 5.92 Å². The number of hydrogen-bond acceptors (Lipinski definition) is 4. The Morgan fingerprint density at radius 3 is 2.60 bits per heavy atom. The smallest absolute Gasteiger partial charge is 0.236 e. The molecular formula is C27H26BrN3O3S. The van der Waals surface area contributed by atoms with Crippen molar-refractivity contribution in [3.8, 4) is 11.5 Å². The highest BCUT2D eigenvalue weighted by Crippen LogP contribution is 2.52. The Morgan fingerprint density at radius 1 is 1.17 bits per heavy atom. The first-order valence-electron chi connectivity index (χ1n) is 11.3. The second-order valence-corrected chi connectivity index (χ2v) is 10.4. The summed E-state index contributed by atoms with van der Waals surface area (Å²) in [5.74, 6) is 0.431. The number of ether oxygens (including phenoxy) is 2. The van der Waals surface area contributed by atoms with E-state index in [0.717, 1.165) is 32.5 Å². The minimum absolute atomic E-state index is 0.157. The zero-order valence-electron chi connectivity index (χ0n) is 19.9. The number of nitrogens with one attached hydrogen (secondary N) is 2. The van der Waals surface area contributed by atoms with Gasteiger partial charge in [0, 0.05) is 21.4 Å². The summed E-state index contributed by atoms with van der Waals surface area (Å²) < 4.78 is 13.3. The third kappa shape index (κ3) is 3.94. The largest absolute Gasteiger partial charge is 0.493 e. The molecule has 0 unspecified atom stereocenters. The van der Waals surface area contributed by atoms with Gasteiger partial charge in [-0.2, -0.15) is 0 Å². The van der Waals surface area contributed by atoms with Crippen molar-refractivity contribution in [1.29, 1.82) is 0 Å². The number of methoxy groups -OCH3 is 1. The summed E-state index contributed by atoms with van der Waals surface area (Å²) in [6.07, 6.45) is 0. The molecule has 6 nitrogen and oxygen atoms in total. The maximum Gasteiger partial charge on any atom is 0.236 e. The van der Waals surface area contributed by atoms with Crippen LogP contribution in [0.1, 0.15) is 29.7 Å². The fourth-order valence-corrected chi connectivity index (χ4v) is 5.75. The molecule has 2 N–H and O–H groups in total. The second kappa shape index (κ2) is 8.84. The van der Waals surface area contributed by atoms with E-state index < -0.39 is 17.7 Å². The monoisotopic (exact) mass is 551 g/mol. The summed E-state index contributed by atoms with van der Waals surface area (Å²) in [5.41, 5.74) is 3.44. The molecule has 2 aliphatic rings. The predicted octanol–water partition coefficient (Wildman–Crippen LogP) is 5.87. The van der Waals surface area contributed by atoms with Gasteiger partial charge in [-0.3, -0.25) is 9.69 Å². The number of aryl methyl sites for hydroxylation is 2. The Kier molecular flexibility index (Phi) is 5.97. The molecule has 3 atom stereocenters. The Morgan fingerprint density at radius 2 is 1.91 bits per heavy atom. The molecule has 35 heavy (non-hydrogen) atoms. The molecule has 0 aliphatic carbocycles. The summed E-state index contributed by atoms with van der Waals surface area (Å²) in [7, 11) is 1.61. The molecule has 2 bridgehead atoms. The van der Waals surface area contributed by atoms with Crippen LogP contribution in [0, 0.1) is 19.8 Å². The van der Waals surface area contributed by atoms with Gasteiger partial charge in [0.15, 0.2) is 22.3 Å². The lowest BCUT2D eigenvalue weighted by Gasteiger charge is -2.56. The molecule has 5 rings (SSSR count). The molecule has 2 heterocycles. The highest BCUT2D eigenvalue weighted by Gasteiger charge is 2.59. The highest BCUT2D eigenvalue weighted by atomic mass is 79.9.